The van der Waals surface area contributed by atoms with Gasteiger partial charge >= 0.3 is 0 Å². The van der Waals surface area contributed by atoms with Gasteiger partial charge in [-0.15, -0.1) is 0 Å². The molecule has 0 amide bonds. The van der Waals surface area contributed by atoms with E-state index in [0.29, 0.717) is 6.54 Å². The molecule has 0 aromatic heterocycles. The van der Waals surface area contributed by atoms with Crippen LogP contribution in [-0.2, 0) is 0 Å². The van der Waals surface area contributed by atoms with E-state index in [9.17, 15) is 0 Å². The van der Waals surface area contributed by atoms with Crippen molar-refractivity contribution in [2.45, 2.75) is 16.2 Å². The van der Waals surface area contributed by atoms with Gasteiger partial charge in [0, 0.05) is 65.8 Å². The highest BCUT2D eigenvalue weighted by molar-refractivity contribution is 9.10. The van der Waals surface area contributed by atoms with Crippen LogP contribution in [0.4, 0.5) is 17.1 Å². The Kier molecular flexibility index (Phi) is 6.74. The Balaban J connectivity index is 1.58. The zero-order valence-corrected chi connectivity index (χ0v) is 18.9. The number of nitrogens with one attached hydrogen (secondary N) is 1. The van der Waals surface area contributed by atoms with Crippen LogP contribution in [0, 0.1) is 5.53 Å². The number of halogens is 1. The molecular formula is C21H27BrN6S. The molecule has 0 atom stereocenters. The van der Waals surface area contributed by atoms with Crippen LogP contribution in [0.5, 0.6) is 0 Å². The molecule has 1 fully saturated rings. The van der Waals surface area contributed by atoms with E-state index in [1.807, 2.05) is 11.8 Å². The van der Waals surface area contributed by atoms with Gasteiger partial charge in [0.25, 0.3) is 0 Å². The Morgan fingerprint density at radius 3 is 2.45 bits per heavy atom. The first-order chi connectivity index (χ1) is 14.2. The third kappa shape index (κ3) is 4.60. The number of hydrogen-bond acceptors (Lipinski definition) is 7. The van der Waals surface area contributed by atoms with Crippen molar-refractivity contribution in [2.24, 2.45) is 10.8 Å². The minimum Gasteiger partial charge on any atom is -0.369 e. The predicted octanol–water partition coefficient (Wildman–Crippen LogP) is 4.55. The molecule has 8 heteroatoms. The van der Waals surface area contributed by atoms with Gasteiger partial charge in [-0.1, -0.05) is 27.7 Å². The SMILES string of the molecule is N=NCCCN1c2ccc(Br)cc2Sc2cc(N3CCN(CCN)CC3)ccc21. The normalized spacial score (nSPS) is 16.5. The van der Waals surface area contributed by atoms with E-state index in [1.54, 1.807) is 0 Å². The predicted molar refractivity (Wildman–Crippen MR) is 124 cm³/mol. The number of nitrogens with two attached hydrogens (primary N) is 1. The van der Waals surface area contributed by atoms with Crippen LogP contribution < -0.4 is 15.5 Å². The number of benzene rings is 2. The van der Waals surface area contributed by atoms with Gasteiger partial charge in [0.2, 0.25) is 0 Å². The molecule has 0 radical (unpaired) electrons. The summed E-state index contributed by atoms with van der Waals surface area (Å²) in [6.07, 6.45) is 0.869. The smallest absolute Gasteiger partial charge is 0.0613 e. The summed E-state index contributed by atoms with van der Waals surface area (Å²) in [6, 6.07) is 13.3. The number of hydrogen-bond donors (Lipinski definition) is 2. The maximum Gasteiger partial charge on any atom is 0.0613 e. The summed E-state index contributed by atoms with van der Waals surface area (Å²) in [6.45, 7) is 7.37. The molecule has 6 nitrogen and oxygen atoms in total. The van der Waals surface area contributed by atoms with Crippen LogP contribution in [-0.4, -0.2) is 57.3 Å². The molecule has 2 aromatic carbocycles. The van der Waals surface area contributed by atoms with Crippen molar-refractivity contribution in [1.82, 2.24) is 4.90 Å². The van der Waals surface area contributed by atoms with Crippen molar-refractivity contribution in [3.8, 4) is 0 Å². The lowest BCUT2D eigenvalue weighted by molar-refractivity contribution is 0.265. The van der Waals surface area contributed by atoms with E-state index in [4.69, 9.17) is 11.3 Å². The van der Waals surface area contributed by atoms with Crippen LogP contribution in [0.3, 0.4) is 0 Å². The zero-order chi connectivity index (χ0) is 20.2. The molecule has 4 rings (SSSR count). The van der Waals surface area contributed by atoms with E-state index in [0.717, 1.165) is 56.7 Å². The lowest BCUT2D eigenvalue weighted by atomic mass is 10.1. The van der Waals surface area contributed by atoms with E-state index in [-0.39, 0.29) is 0 Å². The second-order valence-electron chi connectivity index (χ2n) is 7.37. The van der Waals surface area contributed by atoms with Crippen LogP contribution in [0.2, 0.25) is 0 Å². The lowest BCUT2D eigenvalue weighted by Gasteiger charge is -2.37. The highest BCUT2D eigenvalue weighted by atomic mass is 79.9. The number of nitrogens with zero attached hydrogens (tertiary/aromatic N) is 4. The molecule has 0 bridgehead atoms. The molecule has 29 heavy (non-hydrogen) atoms. The van der Waals surface area contributed by atoms with Crippen molar-refractivity contribution < 1.29 is 0 Å². The summed E-state index contributed by atoms with van der Waals surface area (Å²) < 4.78 is 1.10. The van der Waals surface area contributed by atoms with Gasteiger partial charge < -0.3 is 15.5 Å². The van der Waals surface area contributed by atoms with Crippen molar-refractivity contribution in [3.63, 3.8) is 0 Å². The maximum atomic E-state index is 7.10. The van der Waals surface area contributed by atoms with Crippen LogP contribution in [0.1, 0.15) is 6.42 Å². The Morgan fingerprint density at radius 2 is 1.72 bits per heavy atom. The molecule has 0 saturated carbocycles. The average Bonchev–Trinajstić information content (AvgIpc) is 2.73. The largest absolute Gasteiger partial charge is 0.369 e. The standard InChI is InChI=1S/C21H27BrN6S/c22-16-2-4-18-20(14-16)29-21-15-17(27-12-10-26(9-6-23)11-13-27)3-5-19(21)28(18)8-1-7-25-24/h2-5,14-15,24H,1,6-13,23H2. The lowest BCUT2D eigenvalue weighted by Crippen LogP contribution is -2.47. The number of fused-ring (bicyclic) bond motifs is 2. The Labute approximate surface area is 185 Å². The van der Waals surface area contributed by atoms with Crippen LogP contribution >= 0.6 is 27.7 Å². The number of piperazine rings is 1. The van der Waals surface area contributed by atoms with Crippen molar-refractivity contribution in [3.05, 3.63) is 40.9 Å². The fraction of sp³-hybridized carbons (Fsp3) is 0.429. The summed E-state index contributed by atoms with van der Waals surface area (Å²) in [5, 5.41) is 3.53. The van der Waals surface area contributed by atoms with Gasteiger partial charge in [-0.2, -0.15) is 5.11 Å². The van der Waals surface area contributed by atoms with Gasteiger partial charge in [-0.25, -0.2) is 5.53 Å². The Bertz CT molecular complexity index is 868. The third-order valence-electron chi connectivity index (χ3n) is 5.50. The number of anilines is 3. The van der Waals surface area contributed by atoms with Gasteiger partial charge in [0.15, 0.2) is 0 Å². The highest BCUT2D eigenvalue weighted by Gasteiger charge is 2.25. The topological polar surface area (TPSA) is 72.0 Å². The summed E-state index contributed by atoms with van der Waals surface area (Å²) >= 11 is 5.46. The summed E-state index contributed by atoms with van der Waals surface area (Å²) in [4.78, 5) is 9.85. The molecule has 1 saturated heterocycles. The van der Waals surface area contributed by atoms with Crippen molar-refractivity contribution >= 4 is 44.8 Å². The van der Waals surface area contributed by atoms with Crippen molar-refractivity contribution in [2.75, 3.05) is 62.2 Å². The molecule has 2 aliphatic rings. The minimum atomic E-state index is 0.565. The Morgan fingerprint density at radius 1 is 1.00 bits per heavy atom. The molecular weight excluding hydrogens is 448 g/mol. The Hall–Kier alpha value is -1.61. The van der Waals surface area contributed by atoms with E-state index in [2.05, 4.69) is 72.1 Å². The zero-order valence-electron chi connectivity index (χ0n) is 16.5. The molecule has 3 N–H and O–H groups in total. The van der Waals surface area contributed by atoms with Gasteiger partial charge in [0.05, 0.1) is 17.9 Å². The van der Waals surface area contributed by atoms with Crippen molar-refractivity contribution in [1.29, 1.82) is 5.53 Å². The molecule has 2 aliphatic heterocycles. The fourth-order valence-corrected chi connectivity index (χ4v) is 5.69. The van der Waals surface area contributed by atoms with E-state index in [1.165, 1.54) is 26.9 Å². The van der Waals surface area contributed by atoms with Gasteiger partial charge in [-0.05, 0) is 42.8 Å². The first-order valence-electron chi connectivity index (χ1n) is 10.1. The molecule has 2 aromatic rings. The molecule has 2 heterocycles. The molecule has 0 spiro atoms. The van der Waals surface area contributed by atoms with E-state index < -0.39 is 0 Å². The monoisotopic (exact) mass is 474 g/mol. The fourth-order valence-electron chi connectivity index (χ4n) is 4.01. The van der Waals surface area contributed by atoms with Gasteiger partial charge in [0.1, 0.15) is 0 Å². The number of rotatable bonds is 7. The highest BCUT2D eigenvalue weighted by Crippen LogP contribution is 2.49. The summed E-state index contributed by atoms with van der Waals surface area (Å²) in [5.74, 6) is 0. The molecule has 0 aliphatic carbocycles. The first-order valence-corrected chi connectivity index (χ1v) is 11.7. The molecule has 154 valence electrons. The average molecular weight is 475 g/mol. The summed E-state index contributed by atoms with van der Waals surface area (Å²) in [7, 11) is 0. The molecule has 0 unspecified atom stereocenters. The van der Waals surface area contributed by atoms with E-state index >= 15 is 0 Å². The summed E-state index contributed by atoms with van der Waals surface area (Å²) in [5.41, 5.74) is 16.6. The van der Waals surface area contributed by atoms with Crippen LogP contribution in [0.25, 0.3) is 0 Å². The maximum absolute atomic E-state index is 7.10. The second kappa shape index (κ2) is 9.47. The first kappa shape index (κ1) is 20.7. The second-order valence-corrected chi connectivity index (χ2v) is 9.37. The van der Waals surface area contributed by atoms with Crippen LogP contribution in [0.15, 0.2) is 55.8 Å². The minimum absolute atomic E-state index is 0.565. The quantitative estimate of drug-likeness (QED) is 0.454. The van der Waals surface area contributed by atoms with Gasteiger partial charge in [-0.3, -0.25) is 4.90 Å². The third-order valence-corrected chi connectivity index (χ3v) is 7.09.